The molecule has 0 bridgehead atoms. The number of ether oxygens (including phenoxy) is 1. The Labute approximate surface area is 135 Å². The summed E-state index contributed by atoms with van der Waals surface area (Å²) >= 11 is 0. The van der Waals surface area contributed by atoms with Crippen LogP contribution in [0.1, 0.15) is 24.4 Å². The number of nitrogens with one attached hydrogen (secondary N) is 1. The molecule has 3 nitrogen and oxygen atoms in total. The SMILES string of the molecule is FC(F)(F)CC[C@H](c1ccc(OC(F)(F)F)cc1)N1CCNCC1. The highest BCUT2D eigenvalue weighted by molar-refractivity contribution is 5.29. The van der Waals surface area contributed by atoms with Gasteiger partial charge in [-0.1, -0.05) is 12.1 Å². The van der Waals surface area contributed by atoms with Crippen LogP contribution in [-0.2, 0) is 0 Å². The van der Waals surface area contributed by atoms with Crippen LogP contribution in [0.25, 0.3) is 0 Å². The predicted octanol–water partition coefficient (Wildman–Crippen LogP) is 3.87. The zero-order chi connectivity index (χ0) is 17.8. The minimum atomic E-state index is -4.80. The largest absolute Gasteiger partial charge is 0.573 e. The van der Waals surface area contributed by atoms with Gasteiger partial charge in [0, 0.05) is 38.6 Å². The summed E-state index contributed by atoms with van der Waals surface area (Å²) in [7, 11) is 0. The molecule has 9 heteroatoms. The molecule has 1 N–H and O–H groups in total. The molecule has 0 saturated carbocycles. The molecule has 136 valence electrons. The van der Waals surface area contributed by atoms with Gasteiger partial charge in [0.15, 0.2) is 0 Å². The van der Waals surface area contributed by atoms with E-state index < -0.39 is 25.0 Å². The van der Waals surface area contributed by atoms with Crippen molar-refractivity contribution in [2.24, 2.45) is 0 Å². The van der Waals surface area contributed by atoms with Crippen LogP contribution in [0, 0.1) is 0 Å². The molecule has 1 aromatic rings. The second-order valence-corrected chi connectivity index (χ2v) is 5.57. The van der Waals surface area contributed by atoms with Gasteiger partial charge in [0.1, 0.15) is 5.75 Å². The van der Waals surface area contributed by atoms with E-state index in [1.807, 2.05) is 4.90 Å². The summed E-state index contributed by atoms with van der Waals surface area (Å²) in [6.45, 7) is 2.50. The summed E-state index contributed by atoms with van der Waals surface area (Å²) in [6.07, 6.45) is -10.1. The zero-order valence-electron chi connectivity index (χ0n) is 12.8. The quantitative estimate of drug-likeness (QED) is 0.811. The van der Waals surface area contributed by atoms with Crippen LogP contribution in [0.5, 0.6) is 5.75 Å². The zero-order valence-corrected chi connectivity index (χ0v) is 12.8. The van der Waals surface area contributed by atoms with Crippen molar-refractivity contribution in [3.8, 4) is 5.75 Å². The Balaban J connectivity index is 2.12. The summed E-state index contributed by atoms with van der Waals surface area (Å²) in [5, 5.41) is 3.12. The molecule has 24 heavy (non-hydrogen) atoms. The third kappa shape index (κ3) is 6.20. The lowest BCUT2D eigenvalue weighted by molar-refractivity contribution is -0.274. The van der Waals surface area contributed by atoms with Crippen molar-refractivity contribution >= 4 is 0 Å². The monoisotopic (exact) mass is 356 g/mol. The predicted molar refractivity (Wildman–Crippen MR) is 75.6 cm³/mol. The lowest BCUT2D eigenvalue weighted by Crippen LogP contribution is -2.45. The number of halogens is 6. The fourth-order valence-corrected chi connectivity index (χ4v) is 2.75. The van der Waals surface area contributed by atoms with Gasteiger partial charge in [-0.05, 0) is 24.1 Å². The number of piperazine rings is 1. The summed E-state index contributed by atoms with van der Waals surface area (Å²) in [4.78, 5) is 1.92. The van der Waals surface area contributed by atoms with E-state index in [0.29, 0.717) is 31.7 Å². The van der Waals surface area contributed by atoms with Crippen LogP contribution >= 0.6 is 0 Å². The van der Waals surface area contributed by atoms with Gasteiger partial charge >= 0.3 is 12.5 Å². The molecule has 1 atom stereocenters. The lowest BCUT2D eigenvalue weighted by atomic mass is 9.99. The fraction of sp³-hybridized carbons (Fsp3) is 0.600. The second kappa shape index (κ2) is 7.60. The van der Waals surface area contributed by atoms with Gasteiger partial charge in [0.2, 0.25) is 0 Å². The number of alkyl halides is 6. The number of nitrogens with zero attached hydrogens (tertiary/aromatic N) is 1. The molecule has 1 aliphatic rings. The highest BCUT2D eigenvalue weighted by atomic mass is 19.4. The minimum Gasteiger partial charge on any atom is -0.406 e. The molecule has 0 aromatic heterocycles. The number of hydrogen-bond donors (Lipinski definition) is 1. The van der Waals surface area contributed by atoms with Crippen molar-refractivity contribution in [2.75, 3.05) is 26.2 Å². The highest BCUT2D eigenvalue weighted by Crippen LogP contribution is 2.33. The van der Waals surface area contributed by atoms with Crippen LogP contribution < -0.4 is 10.1 Å². The maximum Gasteiger partial charge on any atom is 0.573 e. The van der Waals surface area contributed by atoms with Gasteiger partial charge in [-0.3, -0.25) is 4.90 Å². The van der Waals surface area contributed by atoms with E-state index in [4.69, 9.17) is 0 Å². The van der Waals surface area contributed by atoms with Crippen molar-refractivity contribution < 1.29 is 31.1 Å². The molecule has 0 spiro atoms. The number of rotatable bonds is 5. The minimum absolute atomic E-state index is 0.136. The van der Waals surface area contributed by atoms with Crippen LogP contribution in [0.2, 0.25) is 0 Å². The van der Waals surface area contributed by atoms with Gasteiger partial charge in [-0.2, -0.15) is 13.2 Å². The third-order valence-electron chi connectivity index (χ3n) is 3.79. The van der Waals surface area contributed by atoms with Gasteiger partial charge < -0.3 is 10.1 Å². The maximum atomic E-state index is 12.6. The number of benzene rings is 1. The third-order valence-corrected chi connectivity index (χ3v) is 3.79. The smallest absolute Gasteiger partial charge is 0.406 e. The first-order chi connectivity index (χ1) is 11.1. The molecule has 1 aliphatic heterocycles. The van der Waals surface area contributed by atoms with E-state index in [0.717, 1.165) is 12.1 Å². The molecule has 2 rings (SSSR count). The second-order valence-electron chi connectivity index (χ2n) is 5.57. The Bertz CT molecular complexity index is 508. The lowest BCUT2D eigenvalue weighted by Gasteiger charge is -2.35. The van der Waals surface area contributed by atoms with Crippen molar-refractivity contribution in [3.63, 3.8) is 0 Å². The summed E-state index contributed by atoms with van der Waals surface area (Å²) in [6, 6.07) is 4.56. The van der Waals surface area contributed by atoms with E-state index in [2.05, 4.69) is 10.1 Å². The summed E-state index contributed by atoms with van der Waals surface area (Å²) in [5.74, 6) is -0.388. The Hall–Kier alpha value is -1.48. The molecule has 1 aromatic carbocycles. The Morgan fingerprint density at radius 3 is 2.08 bits per heavy atom. The first-order valence-corrected chi connectivity index (χ1v) is 7.51. The van der Waals surface area contributed by atoms with Gasteiger partial charge in [0.25, 0.3) is 0 Å². The first kappa shape index (κ1) is 18.9. The molecule has 1 fully saturated rings. The topological polar surface area (TPSA) is 24.5 Å². The van der Waals surface area contributed by atoms with E-state index in [-0.39, 0.29) is 12.2 Å². The first-order valence-electron chi connectivity index (χ1n) is 7.51. The molecule has 0 aliphatic carbocycles. The van der Waals surface area contributed by atoms with E-state index in [1.54, 1.807) is 0 Å². The molecule has 1 heterocycles. The van der Waals surface area contributed by atoms with Gasteiger partial charge in [-0.25, -0.2) is 0 Å². The Morgan fingerprint density at radius 1 is 1.00 bits per heavy atom. The van der Waals surface area contributed by atoms with Crippen LogP contribution in [0.3, 0.4) is 0 Å². The van der Waals surface area contributed by atoms with Gasteiger partial charge in [0.05, 0.1) is 0 Å². The van der Waals surface area contributed by atoms with E-state index in [1.165, 1.54) is 12.1 Å². The van der Waals surface area contributed by atoms with Crippen molar-refractivity contribution in [1.82, 2.24) is 10.2 Å². The van der Waals surface area contributed by atoms with Crippen LogP contribution in [0.4, 0.5) is 26.3 Å². The van der Waals surface area contributed by atoms with Crippen molar-refractivity contribution in [3.05, 3.63) is 29.8 Å². The average molecular weight is 356 g/mol. The number of hydrogen-bond acceptors (Lipinski definition) is 3. The molecular formula is C15H18F6N2O. The Morgan fingerprint density at radius 2 is 1.58 bits per heavy atom. The van der Waals surface area contributed by atoms with Gasteiger partial charge in [-0.15, -0.1) is 13.2 Å². The average Bonchev–Trinajstić information content (AvgIpc) is 2.47. The van der Waals surface area contributed by atoms with Crippen molar-refractivity contribution in [2.45, 2.75) is 31.4 Å². The van der Waals surface area contributed by atoms with Crippen LogP contribution in [-0.4, -0.2) is 43.6 Å². The summed E-state index contributed by atoms with van der Waals surface area (Å²) in [5.41, 5.74) is 0.552. The highest BCUT2D eigenvalue weighted by Gasteiger charge is 2.32. The Kier molecular flexibility index (Phi) is 5.97. The molecule has 1 saturated heterocycles. The standard InChI is InChI=1S/C15H18F6N2O/c16-14(17,18)6-5-13(23-9-7-22-8-10-23)11-1-3-12(4-2-11)24-15(19,20)21/h1-4,13,22H,5-10H2/t13-/m1/s1. The molecule has 0 amide bonds. The van der Waals surface area contributed by atoms with E-state index >= 15 is 0 Å². The molecular weight excluding hydrogens is 338 g/mol. The summed E-state index contributed by atoms with van der Waals surface area (Å²) < 4.78 is 78.1. The van der Waals surface area contributed by atoms with E-state index in [9.17, 15) is 26.3 Å². The fourth-order valence-electron chi connectivity index (χ4n) is 2.75. The van der Waals surface area contributed by atoms with Crippen molar-refractivity contribution in [1.29, 1.82) is 0 Å². The molecule has 0 radical (unpaired) electrons. The maximum absolute atomic E-state index is 12.6. The normalized spacial score (nSPS) is 18.4. The molecule has 0 unspecified atom stereocenters. The van der Waals surface area contributed by atoms with Crippen LogP contribution in [0.15, 0.2) is 24.3 Å².